The number of amides is 1. The molecule has 0 saturated carbocycles. The summed E-state index contributed by atoms with van der Waals surface area (Å²) in [6.07, 6.45) is 1.33. The molecule has 2 heterocycles. The highest BCUT2D eigenvalue weighted by Gasteiger charge is 2.21. The largest absolute Gasteiger partial charge is 0.444 e. The quantitative estimate of drug-likeness (QED) is 0.484. The van der Waals surface area contributed by atoms with Crippen molar-refractivity contribution in [1.82, 2.24) is 14.5 Å². The molecule has 0 atom stereocenters. The molecule has 8 heteroatoms. The van der Waals surface area contributed by atoms with Gasteiger partial charge in [0.25, 0.3) is 0 Å². The molecule has 0 aliphatic heterocycles. The van der Waals surface area contributed by atoms with Crippen molar-refractivity contribution in [3.05, 3.63) is 29.8 Å². The summed E-state index contributed by atoms with van der Waals surface area (Å²) in [5, 5.41) is 0. The zero-order valence-corrected chi connectivity index (χ0v) is 19.0. The van der Waals surface area contributed by atoms with Crippen LogP contribution in [0.15, 0.2) is 18.3 Å². The van der Waals surface area contributed by atoms with E-state index >= 15 is 0 Å². The van der Waals surface area contributed by atoms with Gasteiger partial charge in [-0.05, 0) is 32.9 Å². The van der Waals surface area contributed by atoms with Gasteiger partial charge in [-0.2, -0.15) is 0 Å². The van der Waals surface area contributed by atoms with E-state index < -0.39 is 25.6 Å². The number of fused-ring (bicyclic) bond motifs is 1. The first-order chi connectivity index (χ1) is 12.9. The predicted octanol–water partition coefficient (Wildman–Crippen LogP) is 4.85. The molecule has 156 valence electrons. The molecule has 0 unspecified atom stereocenters. The molecule has 28 heavy (non-hydrogen) atoms. The summed E-state index contributed by atoms with van der Waals surface area (Å²) in [4.78, 5) is 17.8. The average Bonchev–Trinajstić information content (AvgIpc) is 2.91. The van der Waals surface area contributed by atoms with E-state index in [9.17, 15) is 9.18 Å². The van der Waals surface area contributed by atoms with Crippen LogP contribution in [-0.4, -0.2) is 47.9 Å². The smallest absolute Gasteiger partial charge is 0.410 e. The third-order valence-corrected chi connectivity index (χ3v) is 5.80. The Morgan fingerprint density at radius 2 is 2.00 bits per heavy atom. The van der Waals surface area contributed by atoms with Gasteiger partial charge >= 0.3 is 6.09 Å². The van der Waals surface area contributed by atoms with E-state index in [-0.39, 0.29) is 12.2 Å². The third kappa shape index (κ3) is 6.59. The van der Waals surface area contributed by atoms with Crippen molar-refractivity contribution in [2.75, 3.05) is 13.7 Å². The lowest BCUT2D eigenvalue weighted by Gasteiger charge is -2.24. The molecule has 2 rings (SSSR count). The fourth-order valence-corrected chi connectivity index (χ4v) is 3.28. The monoisotopic (exact) mass is 409 g/mol. The Kier molecular flexibility index (Phi) is 6.87. The van der Waals surface area contributed by atoms with Crippen LogP contribution in [-0.2, 0) is 22.7 Å². The van der Waals surface area contributed by atoms with Crippen LogP contribution in [0.5, 0.6) is 0 Å². The molecular formula is C20H32FN3O3Si. The fraction of sp³-hybridized carbons (Fsp3) is 0.600. The minimum atomic E-state index is -1.14. The maximum atomic E-state index is 14.6. The number of hydrogen-bond acceptors (Lipinski definition) is 4. The normalized spacial score (nSPS) is 12.4. The summed E-state index contributed by atoms with van der Waals surface area (Å²) in [5.74, 6) is -0.454. The fourth-order valence-electron chi connectivity index (χ4n) is 2.52. The molecule has 1 amide bonds. The standard InChI is InChI=1S/C20H32FN3O3Si/c1-20(2,3)27-19(25)23(4)13-17-15(21)12-18-16(22-17)8-9-24(18)14-26-10-11-28(5,6)7/h8-9,12H,10-11,13-14H2,1-7H3. The highest BCUT2D eigenvalue weighted by atomic mass is 28.3. The first-order valence-electron chi connectivity index (χ1n) is 9.52. The lowest BCUT2D eigenvalue weighted by molar-refractivity contribution is 0.0281. The van der Waals surface area contributed by atoms with E-state index in [1.807, 2.05) is 16.8 Å². The minimum absolute atomic E-state index is 0.0363. The van der Waals surface area contributed by atoms with Crippen molar-refractivity contribution < 1.29 is 18.7 Å². The van der Waals surface area contributed by atoms with Crippen LogP contribution >= 0.6 is 0 Å². The van der Waals surface area contributed by atoms with Gasteiger partial charge in [0, 0.05) is 34.0 Å². The van der Waals surface area contributed by atoms with Crippen LogP contribution in [0, 0.1) is 5.82 Å². The number of halogens is 1. The first-order valence-corrected chi connectivity index (χ1v) is 13.2. The Labute approximate surface area is 167 Å². The van der Waals surface area contributed by atoms with E-state index in [0.717, 1.165) is 6.04 Å². The molecule has 0 fully saturated rings. The van der Waals surface area contributed by atoms with Crippen LogP contribution in [0.4, 0.5) is 9.18 Å². The van der Waals surface area contributed by atoms with Gasteiger partial charge in [0.05, 0.1) is 23.3 Å². The second-order valence-electron chi connectivity index (χ2n) is 9.29. The highest BCUT2D eigenvalue weighted by Crippen LogP contribution is 2.19. The summed E-state index contributed by atoms with van der Waals surface area (Å²) in [6.45, 7) is 13.4. The van der Waals surface area contributed by atoms with Gasteiger partial charge in [-0.25, -0.2) is 14.2 Å². The van der Waals surface area contributed by atoms with Gasteiger partial charge in [-0.15, -0.1) is 0 Å². The lowest BCUT2D eigenvalue weighted by atomic mass is 10.2. The zero-order valence-electron chi connectivity index (χ0n) is 18.0. The number of rotatable bonds is 7. The molecule has 6 nitrogen and oxygen atoms in total. The second kappa shape index (κ2) is 8.61. The molecule has 0 N–H and O–H groups in total. The molecular weight excluding hydrogens is 377 g/mol. The number of aromatic nitrogens is 2. The van der Waals surface area contributed by atoms with Crippen LogP contribution < -0.4 is 0 Å². The Morgan fingerprint density at radius 1 is 1.32 bits per heavy atom. The summed E-state index contributed by atoms with van der Waals surface area (Å²) in [6, 6.07) is 4.36. The van der Waals surface area contributed by atoms with Gasteiger partial charge in [0.15, 0.2) is 0 Å². The molecule has 2 aromatic heterocycles. The van der Waals surface area contributed by atoms with Crippen molar-refractivity contribution in [2.24, 2.45) is 0 Å². The van der Waals surface area contributed by atoms with Gasteiger partial charge in [0.1, 0.15) is 18.1 Å². The van der Waals surface area contributed by atoms with Crippen LogP contribution in [0.25, 0.3) is 11.0 Å². The van der Waals surface area contributed by atoms with Crippen molar-refractivity contribution in [1.29, 1.82) is 0 Å². The number of pyridine rings is 1. The number of carbonyl (C=O) groups is 1. The summed E-state index contributed by atoms with van der Waals surface area (Å²) < 4.78 is 27.5. The molecule has 0 radical (unpaired) electrons. The second-order valence-corrected chi connectivity index (χ2v) is 14.9. The summed E-state index contributed by atoms with van der Waals surface area (Å²) in [5.41, 5.74) is 0.948. The maximum Gasteiger partial charge on any atom is 0.410 e. The first kappa shape index (κ1) is 22.4. The highest BCUT2D eigenvalue weighted by molar-refractivity contribution is 6.76. The van der Waals surface area contributed by atoms with Crippen molar-refractivity contribution in [2.45, 2.75) is 65.3 Å². The van der Waals surface area contributed by atoms with Crippen LogP contribution in [0.1, 0.15) is 26.5 Å². The molecule has 0 bridgehead atoms. The van der Waals surface area contributed by atoms with Crippen LogP contribution in [0.2, 0.25) is 25.7 Å². The van der Waals surface area contributed by atoms with E-state index in [1.54, 1.807) is 27.8 Å². The Morgan fingerprint density at radius 3 is 2.61 bits per heavy atom. The predicted molar refractivity (Wildman–Crippen MR) is 111 cm³/mol. The number of nitrogens with zero attached hydrogens (tertiary/aromatic N) is 3. The molecule has 0 aromatic carbocycles. The van der Waals surface area contributed by atoms with Crippen LogP contribution in [0.3, 0.4) is 0 Å². The molecule has 0 aliphatic rings. The molecule has 2 aromatic rings. The topological polar surface area (TPSA) is 56.6 Å². The zero-order chi connectivity index (χ0) is 21.1. The number of carbonyl (C=O) groups excluding carboxylic acids is 1. The van der Waals surface area contributed by atoms with Gasteiger partial charge in [0.2, 0.25) is 0 Å². The number of ether oxygens (including phenoxy) is 2. The third-order valence-electron chi connectivity index (χ3n) is 4.10. The Balaban J connectivity index is 2.06. The number of hydrogen-bond donors (Lipinski definition) is 0. The minimum Gasteiger partial charge on any atom is -0.444 e. The van der Waals surface area contributed by atoms with E-state index in [1.165, 1.54) is 11.0 Å². The molecule has 0 saturated heterocycles. The van der Waals surface area contributed by atoms with Gasteiger partial charge in [-0.1, -0.05) is 19.6 Å². The van der Waals surface area contributed by atoms with Gasteiger partial charge in [-0.3, -0.25) is 0 Å². The van der Waals surface area contributed by atoms with Crippen molar-refractivity contribution >= 4 is 25.2 Å². The summed E-state index contributed by atoms with van der Waals surface area (Å²) >= 11 is 0. The van der Waals surface area contributed by atoms with Crippen molar-refractivity contribution in [3.63, 3.8) is 0 Å². The Bertz CT molecular complexity index is 824. The van der Waals surface area contributed by atoms with E-state index in [0.29, 0.717) is 24.4 Å². The molecule has 0 spiro atoms. The molecule has 0 aliphatic carbocycles. The average molecular weight is 410 g/mol. The van der Waals surface area contributed by atoms with E-state index in [4.69, 9.17) is 9.47 Å². The SMILES string of the molecule is CN(Cc1nc2ccn(COCC[Si](C)(C)C)c2cc1F)C(=O)OC(C)(C)C. The summed E-state index contributed by atoms with van der Waals surface area (Å²) in [7, 11) is 0.428. The Hall–Kier alpha value is -1.93. The van der Waals surface area contributed by atoms with Gasteiger partial charge < -0.3 is 18.9 Å². The maximum absolute atomic E-state index is 14.6. The van der Waals surface area contributed by atoms with E-state index in [2.05, 4.69) is 24.6 Å². The van der Waals surface area contributed by atoms with Crippen molar-refractivity contribution in [3.8, 4) is 0 Å². The lowest BCUT2D eigenvalue weighted by Crippen LogP contribution is -2.34.